The second-order valence-corrected chi connectivity index (χ2v) is 9.57. The minimum Gasteiger partial charge on any atom is -0.444 e. The van der Waals surface area contributed by atoms with Crippen molar-refractivity contribution in [3.63, 3.8) is 0 Å². The van der Waals surface area contributed by atoms with Gasteiger partial charge in [-0.15, -0.1) is 3.89 Å². The van der Waals surface area contributed by atoms with Crippen molar-refractivity contribution in [2.24, 2.45) is 0 Å². The molecule has 4 rings (SSSR count). The average molecular weight is 506 g/mol. The first-order chi connectivity index (χ1) is 17.3. The van der Waals surface area contributed by atoms with E-state index in [4.69, 9.17) is 9.72 Å². The Labute approximate surface area is 214 Å². The summed E-state index contributed by atoms with van der Waals surface area (Å²) in [5.74, 6) is 1.21. The Morgan fingerprint density at radius 1 is 1.03 bits per heavy atom. The van der Waals surface area contributed by atoms with E-state index in [-0.39, 0.29) is 12.3 Å². The summed E-state index contributed by atoms with van der Waals surface area (Å²) < 4.78 is 21.1. The van der Waals surface area contributed by atoms with Crippen LogP contribution in [-0.2, 0) is 11.2 Å². The number of para-hydroxylation sites is 1. The minimum atomic E-state index is -0.616. The molecule has 9 heteroatoms. The zero-order valence-electron chi connectivity index (χ0n) is 20.6. The molecule has 0 aliphatic carbocycles. The second-order valence-electron chi connectivity index (χ2n) is 9.07. The van der Waals surface area contributed by atoms with Gasteiger partial charge < -0.3 is 10.1 Å². The maximum absolute atomic E-state index is 14.2. The molecule has 0 unspecified atom stereocenters. The first kappa shape index (κ1) is 25.2. The largest absolute Gasteiger partial charge is 0.444 e. The Balaban J connectivity index is 1.73. The molecule has 36 heavy (non-hydrogen) atoms. The highest BCUT2D eigenvalue weighted by Gasteiger charge is 2.22. The van der Waals surface area contributed by atoms with E-state index in [1.54, 1.807) is 39.1 Å². The Hall–Kier alpha value is -3.85. The van der Waals surface area contributed by atoms with E-state index in [0.717, 1.165) is 16.8 Å². The number of hydrogen-bond donors (Lipinski definition) is 2. The lowest BCUT2D eigenvalue weighted by Crippen LogP contribution is -2.27. The summed E-state index contributed by atoms with van der Waals surface area (Å²) in [6, 6.07) is 20.6. The number of ether oxygens (including phenoxy) is 1. The first-order valence-electron chi connectivity index (χ1n) is 11.6. The fourth-order valence-corrected chi connectivity index (χ4v) is 4.20. The molecule has 0 bridgehead atoms. The number of rotatable bonds is 7. The highest BCUT2D eigenvalue weighted by atomic mass is 32.2. The summed E-state index contributed by atoms with van der Waals surface area (Å²) in [7, 11) is 0. The molecule has 0 fully saturated rings. The highest BCUT2D eigenvalue weighted by Crippen LogP contribution is 2.37. The molecule has 0 saturated heterocycles. The monoisotopic (exact) mass is 505 g/mol. The molecule has 0 radical (unpaired) electrons. The molecule has 0 aliphatic rings. The molecule has 0 spiro atoms. The standard InChI is InChI=1S/C27H28FN5O2S/c1-5-23-32-24(18-10-9-13-21(16-18)31-26(34)35-27(2,3)4)25(33(23)36-28)19-14-15-29-22(17-19)30-20-11-7-6-8-12-20/h6-17H,5H2,1-4H3,(H,29,30)(H,31,34). The Morgan fingerprint density at radius 2 is 1.78 bits per heavy atom. The van der Waals surface area contributed by atoms with Crippen LogP contribution in [0.4, 0.5) is 25.9 Å². The molecule has 0 aliphatic heterocycles. The number of carbonyl (C=O) groups is 1. The van der Waals surface area contributed by atoms with Crippen molar-refractivity contribution in [2.45, 2.75) is 39.7 Å². The van der Waals surface area contributed by atoms with E-state index < -0.39 is 11.7 Å². The van der Waals surface area contributed by atoms with E-state index in [9.17, 15) is 8.68 Å². The van der Waals surface area contributed by atoms with Crippen LogP contribution in [0.3, 0.4) is 0 Å². The zero-order valence-corrected chi connectivity index (χ0v) is 21.4. The van der Waals surface area contributed by atoms with Crippen LogP contribution in [0.1, 0.15) is 33.5 Å². The molecule has 2 heterocycles. The van der Waals surface area contributed by atoms with Crippen molar-refractivity contribution in [3.05, 3.63) is 78.8 Å². The smallest absolute Gasteiger partial charge is 0.412 e. The molecule has 7 nitrogen and oxygen atoms in total. The third-order valence-electron chi connectivity index (χ3n) is 5.15. The molecule has 1 amide bonds. The van der Waals surface area contributed by atoms with Crippen LogP contribution in [0.15, 0.2) is 72.9 Å². The number of benzene rings is 2. The topological polar surface area (TPSA) is 81.1 Å². The molecule has 2 aromatic carbocycles. The lowest BCUT2D eigenvalue weighted by atomic mass is 10.1. The predicted molar refractivity (Wildman–Crippen MR) is 144 cm³/mol. The molecular formula is C27H28FN5O2S. The Bertz CT molecular complexity index is 1350. The summed E-state index contributed by atoms with van der Waals surface area (Å²) in [5, 5.41) is 6.04. The summed E-state index contributed by atoms with van der Waals surface area (Å²) >= 11 is 0.112. The predicted octanol–water partition coefficient (Wildman–Crippen LogP) is 7.65. The van der Waals surface area contributed by atoms with Crippen LogP contribution < -0.4 is 10.6 Å². The molecule has 0 saturated carbocycles. The summed E-state index contributed by atoms with van der Waals surface area (Å²) in [6.07, 6.45) is 1.67. The van der Waals surface area contributed by atoms with Gasteiger partial charge >= 0.3 is 6.09 Å². The fraction of sp³-hybridized carbons (Fsp3) is 0.222. The lowest BCUT2D eigenvalue weighted by Gasteiger charge is -2.19. The number of nitrogens with one attached hydrogen (secondary N) is 2. The molecule has 0 atom stereocenters. The number of aryl methyl sites for hydroxylation is 1. The van der Waals surface area contributed by atoms with Crippen molar-refractivity contribution >= 4 is 35.6 Å². The van der Waals surface area contributed by atoms with E-state index in [2.05, 4.69) is 15.6 Å². The number of hydrogen-bond acceptors (Lipinski definition) is 6. The number of nitrogens with zero attached hydrogens (tertiary/aromatic N) is 3. The summed E-state index contributed by atoms with van der Waals surface area (Å²) in [6.45, 7) is 7.34. The molecule has 2 N–H and O–H groups in total. The van der Waals surface area contributed by atoms with Crippen molar-refractivity contribution in [1.82, 2.24) is 13.9 Å². The van der Waals surface area contributed by atoms with Gasteiger partial charge in [0.2, 0.25) is 0 Å². The second kappa shape index (κ2) is 10.8. The van der Waals surface area contributed by atoms with Crippen LogP contribution in [0, 0.1) is 0 Å². The van der Waals surface area contributed by atoms with E-state index >= 15 is 0 Å². The third kappa shape index (κ3) is 6.04. The Kier molecular flexibility index (Phi) is 7.59. The first-order valence-corrected chi connectivity index (χ1v) is 12.2. The number of pyridine rings is 1. The molecule has 2 aromatic heterocycles. The van der Waals surface area contributed by atoms with E-state index in [1.165, 1.54) is 3.97 Å². The van der Waals surface area contributed by atoms with E-state index in [0.29, 0.717) is 35.1 Å². The Morgan fingerprint density at radius 3 is 2.47 bits per heavy atom. The van der Waals surface area contributed by atoms with Crippen molar-refractivity contribution in [1.29, 1.82) is 0 Å². The number of amides is 1. The third-order valence-corrected chi connectivity index (χ3v) is 5.68. The molecular weight excluding hydrogens is 477 g/mol. The normalized spacial score (nSPS) is 11.2. The van der Waals surface area contributed by atoms with Crippen LogP contribution in [0.25, 0.3) is 22.5 Å². The van der Waals surface area contributed by atoms with Gasteiger partial charge in [0.15, 0.2) is 12.3 Å². The SMILES string of the molecule is CCc1nc(-c2cccc(NC(=O)OC(C)(C)C)c2)c(-c2ccnc(Nc3ccccc3)c2)n1SF. The van der Waals surface area contributed by atoms with Crippen molar-refractivity contribution in [3.8, 4) is 22.5 Å². The van der Waals surface area contributed by atoms with Gasteiger partial charge in [0.05, 0.1) is 11.4 Å². The van der Waals surface area contributed by atoms with Gasteiger partial charge in [-0.1, -0.05) is 37.3 Å². The number of halogens is 1. The van der Waals surface area contributed by atoms with Crippen LogP contribution in [0.2, 0.25) is 0 Å². The van der Waals surface area contributed by atoms with Crippen LogP contribution in [-0.4, -0.2) is 25.6 Å². The van der Waals surface area contributed by atoms with Gasteiger partial charge in [0.1, 0.15) is 17.2 Å². The minimum absolute atomic E-state index is 0.112. The zero-order chi connectivity index (χ0) is 25.7. The van der Waals surface area contributed by atoms with Gasteiger partial charge in [-0.3, -0.25) is 5.32 Å². The van der Waals surface area contributed by atoms with Crippen LogP contribution >= 0.6 is 12.3 Å². The van der Waals surface area contributed by atoms with Crippen molar-refractivity contribution in [2.75, 3.05) is 10.6 Å². The fourth-order valence-electron chi connectivity index (χ4n) is 3.69. The van der Waals surface area contributed by atoms with Gasteiger partial charge in [0, 0.05) is 35.1 Å². The van der Waals surface area contributed by atoms with Gasteiger partial charge in [-0.25, -0.2) is 18.7 Å². The molecule has 186 valence electrons. The number of carbonyl (C=O) groups excluding carboxylic acids is 1. The molecule has 4 aromatic rings. The number of imidazole rings is 1. The average Bonchev–Trinajstić information content (AvgIpc) is 3.23. The highest BCUT2D eigenvalue weighted by molar-refractivity contribution is 7.92. The number of aromatic nitrogens is 3. The van der Waals surface area contributed by atoms with Gasteiger partial charge in [-0.05, 0) is 57.2 Å². The summed E-state index contributed by atoms with van der Waals surface area (Å²) in [5.41, 5.74) is 3.51. The summed E-state index contributed by atoms with van der Waals surface area (Å²) in [4.78, 5) is 21.5. The van der Waals surface area contributed by atoms with Crippen LogP contribution in [0.5, 0.6) is 0 Å². The van der Waals surface area contributed by atoms with Gasteiger partial charge in [0.25, 0.3) is 0 Å². The number of anilines is 3. The van der Waals surface area contributed by atoms with Gasteiger partial charge in [-0.2, -0.15) is 0 Å². The maximum Gasteiger partial charge on any atom is 0.412 e. The van der Waals surface area contributed by atoms with E-state index in [1.807, 2.05) is 61.5 Å². The van der Waals surface area contributed by atoms with Crippen molar-refractivity contribution < 1.29 is 13.4 Å². The lowest BCUT2D eigenvalue weighted by molar-refractivity contribution is 0.0636. The quantitative estimate of drug-likeness (QED) is 0.269. The maximum atomic E-state index is 14.2.